The molecule has 1 aliphatic rings. The summed E-state index contributed by atoms with van der Waals surface area (Å²) in [4.78, 5) is 29.9. The Morgan fingerprint density at radius 2 is 1.71 bits per heavy atom. The standard InChI is InChI=1S/C28H37FN2O4/c1-4-6-15-30(16-7-5-2)25(32)19-31-18-24(21-9-8-10-22(29)17-21)26(28(33)34)27(31)20-11-13-23(35-3)14-12-20/h8-14,17,24,26-27H,4-7,15-16,18-19H2,1-3H3,(H,33,34)/t24-,26+,27-/m1/s1. The van der Waals surface area contributed by atoms with Crippen LogP contribution in [0.5, 0.6) is 5.75 Å². The van der Waals surface area contributed by atoms with E-state index in [1.54, 1.807) is 31.4 Å². The Kier molecular flexibility index (Phi) is 9.66. The van der Waals surface area contributed by atoms with Gasteiger partial charge in [-0.15, -0.1) is 0 Å². The third-order valence-electron chi connectivity index (χ3n) is 6.87. The summed E-state index contributed by atoms with van der Waals surface area (Å²) in [5, 5.41) is 10.3. The highest BCUT2D eigenvalue weighted by Gasteiger charge is 2.48. The number of hydrogen-bond donors (Lipinski definition) is 1. The van der Waals surface area contributed by atoms with Crippen molar-refractivity contribution in [3.05, 3.63) is 65.5 Å². The second-order valence-electron chi connectivity index (χ2n) is 9.26. The summed E-state index contributed by atoms with van der Waals surface area (Å²) < 4.78 is 19.3. The second-order valence-corrected chi connectivity index (χ2v) is 9.26. The molecule has 35 heavy (non-hydrogen) atoms. The van der Waals surface area contributed by atoms with Gasteiger partial charge in [0.05, 0.1) is 19.6 Å². The Morgan fingerprint density at radius 3 is 2.26 bits per heavy atom. The zero-order valence-corrected chi connectivity index (χ0v) is 21.0. The molecule has 1 N–H and O–H groups in total. The van der Waals surface area contributed by atoms with Crippen molar-refractivity contribution in [3.8, 4) is 5.75 Å². The fourth-order valence-electron chi connectivity index (χ4n) is 5.00. The van der Waals surface area contributed by atoms with Gasteiger partial charge in [-0.05, 0) is 48.2 Å². The minimum absolute atomic E-state index is 0.00874. The van der Waals surface area contributed by atoms with E-state index in [1.165, 1.54) is 12.1 Å². The van der Waals surface area contributed by atoms with Crippen molar-refractivity contribution in [1.82, 2.24) is 9.80 Å². The number of amides is 1. The lowest BCUT2D eigenvalue weighted by Gasteiger charge is -2.30. The molecule has 1 fully saturated rings. The zero-order chi connectivity index (χ0) is 25.4. The first-order valence-corrected chi connectivity index (χ1v) is 12.5. The predicted molar refractivity (Wildman–Crippen MR) is 134 cm³/mol. The first-order chi connectivity index (χ1) is 16.9. The summed E-state index contributed by atoms with van der Waals surface area (Å²) in [5.74, 6) is -1.93. The molecule has 1 heterocycles. The molecule has 190 valence electrons. The molecule has 6 nitrogen and oxygen atoms in total. The van der Waals surface area contributed by atoms with Gasteiger partial charge in [-0.3, -0.25) is 14.5 Å². The maximum absolute atomic E-state index is 14.1. The number of aliphatic carboxylic acids is 1. The lowest BCUT2D eigenvalue weighted by atomic mass is 9.83. The van der Waals surface area contributed by atoms with Gasteiger partial charge in [0.25, 0.3) is 0 Å². The molecule has 3 rings (SSSR count). The summed E-state index contributed by atoms with van der Waals surface area (Å²) in [5.41, 5.74) is 1.44. The highest BCUT2D eigenvalue weighted by atomic mass is 19.1. The third kappa shape index (κ3) is 6.60. The van der Waals surface area contributed by atoms with E-state index in [-0.39, 0.29) is 12.5 Å². The lowest BCUT2D eigenvalue weighted by molar-refractivity contribution is -0.144. The van der Waals surface area contributed by atoms with Crippen LogP contribution in [0.1, 0.15) is 62.6 Å². The molecule has 1 aliphatic heterocycles. The average molecular weight is 485 g/mol. The molecular weight excluding hydrogens is 447 g/mol. The second kappa shape index (κ2) is 12.7. The van der Waals surface area contributed by atoms with E-state index in [4.69, 9.17) is 4.74 Å². The monoisotopic (exact) mass is 484 g/mol. The summed E-state index contributed by atoms with van der Waals surface area (Å²) in [7, 11) is 1.58. The van der Waals surface area contributed by atoms with Gasteiger partial charge in [0.15, 0.2) is 0 Å². The van der Waals surface area contributed by atoms with Crippen molar-refractivity contribution in [3.63, 3.8) is 0 Å². The number of carboxylic acids is 1. The molecule has 1 saturated heterocycles. The van der Waals surface area contributed by atoms with Gasteiger partial charge in [0, 0.05) is 31.6 Å². The fourth-order valence-corrected chi connectivity index (χ4v) is 5.00. The van der Waals surface area contributed by atoms with Gasteiger partial charge < -0.3 is 14.7 Å². The highest BCUT2D eigenvalue weighted by molar-refractivity contribution is 5.79. The number of hydrogen-bond acceptors (Lipinski definition) is 4. The first-order valence-electron chi connectivity index (χ1n) is 12.5. The molecule has 0 aromatic heterocycles. The number of unbranched alkanes of at least 4 members (excludes halogenated alkanes) is 2. The Bertz CT molecular complexity index is 973. The normalized spacial score (nSPS) is 20.1. The molecule has 0 spiro atoms. The molecule has 3 atom stereocenters. The smallest absolute Gasteiger partial charge is 0.309 e. The maximum atomic E-state index is 14.1. The minimum Gasteiger partial charge on any atom is -0.497 e. The van der Waals surface area contributed by atoms with E-state index in [0.29, 0.717) is 30.9 Å². The molecule has 0 saturated carbocycles. The highest BCUT2D eigenvalue weighted by Crippen LogP contribution is 2.46. The number of likely N-dealkylation sites (tertiary alicyclic amines) is 1. The molecule has 7 heteroatoms. The van der Waals surface area contributed by atoms with Gasteiger partial charge in [-0.25, -0.2) is 4.39 Å². The molecule has 2 aromatic carbocycles. The SMILES string of the molecule is CCCCN(CCCC)C(=O)CN1C[C@H](c2cccc(F)c2)[C@H](C(=O)O)[C@H]1c1ccc(OC)cc1. The van der Waals surface area contributed by atoms with Crippen LogP contribution in [0, 0.1) is 11.7 Å². The number of nitrogens with zero attached hydrogens (tertiary/aromatic N) is 2. The summed E-state index contributed by atoms with van der Waals surface area (Å²) in [6.45, 7) is 6.09. The van der Waals surface area contributed by atoms with Crippen molar-refractivity contribution < 1.29 is 23.8 Å². The number of ether oxygens (including phenoxy) is 1. The van der Waals surface area contributed by atoms with Crippen molar-refractivity contribution in [1.29, 1.82) is 0 Å². The Morgan fingerprint density at radius 1 is 1.06 bits per heavy atom. The quantitative estimate of drug-likeness (QED) is 0.454. The molecule has 2 aromatic rings. The van der Waals surface area contributed by atoms with Gasteiger partial charge in [0.1, 0.15) is 11.6 Å². The third-order valence-corrected chi connectivity index (χ3v) is 6.87. The Labute approximate surface area is 207 Å². The number of methoxy groups -OCH3 is 1. The lowest BCUT2D eigenvalue weighted by Crippen LogP contribution is -2.42. The van der Waals surface area contributed by atoms with Crippen LogP contribution in [0.4, 0.5) is 4.39 Å². The molecule has 0 radical (unpaired) electrons. The molecule has 1 amide bonds. The summed E-state index contributed by atoms with van der Waals surface area (Å²) in [6.07, 6.45) is 3.86. The topological polar surface area (TPSA) is 70.1 Å². The number of carbonyl (C=O) groups excluding carboxylic acids is 1. The maximum Gasteiger partial charge on any atom is 0.309 e. The van der Waals surface area contributed by atoms with Crippen LogP contribution in [0.15, 0.2) is 48.5 Å². The van der Waals surface area contributed by atoms with E-state index in [9.17, 15) is 19.1 Å². The van der Waals surface area contributed by atoms with E-state index in [1.807, 2.05) is 21.9 Å². The largest absolute Gasteiger partial charge is 0.497 e. The molecule has 0 unspecified atom stereocenters. The molecule has 0 bridgehead atoms. The van der Waals surface area contributed by atoms with E-state index in [0.717, 1.165) is 31.2 Å². The summed E-state index contributed by atoms with van der Waals surface area (Å²) in [6, 6.07) is 13.0. The van der Waals surface area contributed by atoms with Gasteiger partial charge in [-0.1, -0.05) is 51.0 Å². The Balaban J connectivity index is 1.96. The number of benzene rings is 2. The number of carbonyl (C=O) groups is 2. The fraction of sp³-hybridized carbons (Fsp3) is 0.500. The van der Waals surface area contributed by atoms with Crippen LogP contribution < -0.4 is 4.74 Å². The number of halogens is 1. The number of rotatable bonds is 12. The van der Waals surface area contributed by atoms with Crippen LogP contribution in [0.3, 0.4) is 0 Å². The molecular formula is C28H37FN2O4. The van der Waals surface area contributed by atoms with Gasteiger partial charge >= 0.3 is 5.97 Å². The van der Waals surface area contributed by atoms with E-state index < -0.39 is 29.7 Å². The van der Waals surface area contributed by atoms with Crippen molar-refractivity contribution >= 4 is 11.9 Å². The average Bonchev–Trinajstić information content (AvgIpc) is 3.23. The van der Waals surface area contributed by atoms with Crippen LogP contribution in [0.2, 0.25) is 0 Å². The minimum atomic E-state index is -0.955. The first kappa shape index (κ1) is 26.7. The van der Waals surface area contributed by atoms with Crippen LogP contribution in [-0.4, -0.2) is 60.1 Å². The number of carboxylic acid groups (broad SMARTS) is 1. The summed E-state index contributed by atoms with van der Waals surface area (Å²) >= 11 is 0. The Hall–Kier alpha value is -2.93. The zero-order valence-electron chi connectivity index (χ0n) is 21.0. The van der Waals surface area contributed by atoms with Gasteiger partial charge in [-0.2, -0.15) is 0 Å². The predicted octanol–water partition coefficient (Wildman–Crippen LogP) is 5.10. The van der Waals surface area contributed by atoms with Crippen molar-refractivity contribution in [2.24, 2.45) is 5.92 Å². The van der Waals surface area contributed by atoms with Crippen molar-refractivity contribution in [2.45, 2.75) is 51.5 Å². The van der Waals surface area contributed by atoms with E-state index >= 15 is 0 Å². The van der Waals surface area contributed by atoms with Crippen LogP contribution in [-0.2, 0) is 9.59 Å². The van der Waals surface area contributed by atoms with E-state index in [2.05, 4.69) is 13.8 Å². The van der Waals surface area contributed by atoms with Crippen LogP contribution in [0.25, 0.3) is 0 Å². The van der Waals surface area contributed by atoms with Crippen molar-refractivity contribution in [2.75, 3.05) is 33.3 Å². The molecule has 0 aliphatic carbocycles. The van der Waals surface area contributed by atoms with Gasteiger partial charge in [0.2, 0.25) is 5.91 Å². The van der Waals surface area contributed by atoms with Crippen LogP contribution >= 0.6 is 0 Å².